The number of rotatable bonds is 7. The van der Waals surface area contributed by atoms with Crippen LogP contribution in [-0.2, 0) is 0 Å². The van der Waals surface area contributed by atoms with Crippen LogP contribution >= 0.6 is 45.2 Å². The van der Waals surface area contributed by atoms with E-state index in [9.17, 15) is 0 Å². The van der Waals surface area contributed by atoms with Gasteiger partial charge >= 0.3 is 0 Å². The minimum absolute atomic E-state index is 1.05. The molecule has 0 saturated carbocycles. The highest BCUT2D eigenvalue weighted by Gasteiger charge is 2.01. The lowest BCUT2D eigenvalue weighted by atomic mass is 10.1. The molecule has 0 aliphatic rings. The minimum Gasteiger partial charge on any atom is -0.0974 e. The highest BCUT2D eigenvalue weighted by Crippen LogP contribution is 2.21. The largest absolute Gasteiger partial charge is 0.0974 e. The van der Waals surface area contributed by atoms with E-state index in [1.807, 2.05) is 0 Å². The van der Waals surface area contributed by atoms with Crippen LogP contribution in [0, 0.1) is 11.8 Å². The Balaban J connectivity index is 4.34. The summed E-state index contributed by atoms with van der Waals surface area (Å²) in [6, 6.07) is 0. The molecule has 0 unspecified atom stereocenters. The van der Waals surface area contributed by atoms with Gasteiger partial charge in [-0.2, -0.15) is 0 Å². The van der Waals surface area contributed by atoms with Crippen molar-refractivity contribution in [3.8, 4) is 11.8 Å². The summed E-state index contributed by atoms with van der Waals surface area (Å²) in [7, 11) is 0. The Morgan fingerprint density at radius 3 is 2.31 bits per heavy atom. The van der Waals surface area contributed by atoms with Crippen molar-refractivity contribution in [2.24, 2.45) is 0 Å². The van der Waals surface area contributed by atoms with Crippen LogP contribution in [-0.4, -0.2) is 4.43 Å². The molecule has 92 valence electrons. The van der Waals surface area contributed by atoms with Crippen molar-refractivity contribution in [3.63, 3.8) is 0 Å². The summed E-state index contributed by atoms with van der Waals surface area (Å²) in [5.74, 6) is 6.61. The topological polar surface area (TPSA) is 0 Å². The van der Waals surface area contributed by atoms with Crippen molar-refractivity contribution in [2.45, 2.75) is 58.8 Å². The number of halogens is 2. The standard InChI is InChI=1S/C14H22I2/c1-3-5-7-8-10-14(16)13(11-12-15)9-6-4-2/h3-7,9,11-12H2,1-2H3/b14-13-. The van der Waals surface area contributed by atoms with Crippen molar-refractivity contribution in [1.29, 1.82) is 0 Å². The Bertz CT molecular complexity index is 256. The maximum absolute atomic E-state index is 3.32. The number of allylic oxidation sites excluding steroid dienone is 2. The Morgan fingerprint density at radius 2 is 1.75 bits per heavy atom. The lowest BCUT2D eigenvalue weighted by molar-refractivity contribution is 0.769. The van der Waals surface area contributed by atoms with E-state index in [1.54, 1.807) is 5.57 Å². The Labute approximate surface area is 128 Å². The Morgan fingerprint density at radius 1 is 1.06 bits per heavy atom. The van der Waals surface area contributed by atoms with Gasteiger partial charge in [-0.25, -0.2) is 0 Å². The SMILES string of the molecule is CCCCC#C/C(I)=C(/CCI)CCCC. The molecule has 0 nitrogen and oxygen atoms in total. The normalized spacial score (nSPS) is 11.8. The van der Waals surface area contributed by atoms with Gasteiger partial charge in [0, 0.05) is 10.8 Å². The fourth-order valence-electron chi connectivity index (χ4n) is 1.34. The molecular weight excluding hydrogens is 422 g/mol. The molecule has 0 N–H and O–H groups in total. The van der Waals surface area contributed by atoms with E-state index >= 15 is 0 Å². The second-order valence-electron chi connectivity index (χ2n) is 3.87. The fourth-order valence-corrected chi connectivity index (χ4v) is 2.72. The number of unbranched alkanes of at least 4 members (excludes halogenated alkanes) is 3. The molecule has 0 aliphatic carbocycles. The summed E-state index contributed by atoms with van der Waals surface area (Å²) in [5.41, 5.74) is 1.57. The molecule has 0 amide bonds. The molecule has 0 aromatic rings. The van der Waals surface area contributed by atoms with Gasteiger partial charge in [0.1, 0.15) is 0 Å². The summed E-state index contributed by atoms with van der Waals surface area (Å²) in [6.07, 6.45) is 8.54. The van der Waals surface area contributed by atoms with E-state index in [4.69, 9.17) is 0 Å². The van der Waals surface area contributed by atoms with Gasteiger partial charge in [-0.05, 0) is 53.8 Å². The van der Waals surface area contributed by atoms with Crippen LogP contribution < -0.4 is 0 Å². The maximum atomic E-state index is 3.32. The molecule has 0 fully saturated rings. The molecule has 16 heavy (non-hydrogen) atoms. The summed E-state index contributed by atoms with van der Waals surface area (Å²) < 4.78 is 2.51. The predicted molar refractivity (Wildman–Crippen MR) is 91.4 cm³/mol. The zero-order valence-corrected chi connectivity index (χ0v) is 14.7. The van der Waals surface area contributed by atoms with E-state index in [2.05, 4.69) is 70.9 Å². The third kappa shape index (κ3) is 8.86. The Hall–Kier alpha value is 0.760. The molecule has 0 aromatic heterocycles. The average molecular weight is 444 g/mol. The second-order valence-corrected chi connectivity index (χ2v) is 6.02. The van der Waals surface area contributed by atoms with Gasteiger partial charge in [-0.1, -0.05) is 61.1 Å². The summed E-state index contributed by atoms with van der Waals surface area (Å²) in [5, 5.41) is 0. The molecule has 0 radical (unpaired) electrons. The van der Waals surface area contributed by atoms with E-state index in [1.165, 1.54) is 46.5 Å². The third-order valence-electron chi connectivity index (χ3n) is 2.39. The highest BCUT2D eigenvalue weighted by atomic mass is 127. The number of alkyl halides is 1. The monoisotopic (exact) mass is 444 g/mol. The zero-order valence-electron chi connectivity index (χ0n) is 10.4. The second kappa shape index (κ2) is 12.2. The maximum Gasteiger partial charge on any atom is 0.0621 e. The minimum atomic E-state index is 1.05. The molecule has 0 saturated heterocycles. The molecule has 0 spiro atoms. The molecule has 0 bridgehead atoms. The lowest BCUT2D eigenvalue weighted by Gasteiger charge is -2.05. The molecule has 2 heteroatoms. The third-order valence-corrected chi connectivity index (χ3v) is 3.96. The van der Waals surface area contributed by atoms with E-state index in [0.717, 1.165) is 6.42 Å². The number of hydrogen-bond donors (Lipinski definition) is 0. The molecule has 0 aromatic carbocycles. The van der Waals surface area contributed by atoms with Gasteiger partial charge in [0.25, 0.3) is 0 Å². The van der Waals surface area contributed by atoms with Crippen LogP contribution in [0.15, 0.2) is 9.15 Å². The van der Waals surface area contributed by atoms with Crippen LogP contribution in [0.3, 0.4) is 0 Å². The van der Waals surface area contributed by atoms with Crippen molar-refractivity contribution in [3.05, 3.63) is 9.15 Å². The van der Waals surface area contributed by atoms with Gasteiger partial charge in [0.05, 0.1) is 3.58 Å². The van der Waals surface area contributed by atoms with Gasteiger partial charge in [-0.3, -0.25) is 0 Å². The summed E-state index contributed by atoms with van der Waals surface area (Å²) in [4.78, 5) is 0. The van der Waals surface area contributed by atoms with E-state index in [0.29, 0.717) is 0 Å². The first-order valence-corrected chi connectivity index (χ1v) is 8.79. The average Bonchev–Trinajstić information content (AvgIpc) is 2.29. The smallest absolute Gasteiger partial charge is 0.0621 e. The molecule has 0 rings (SSSR count). The van der Waals surface area contributed by atoms with Crippen molar-refractivity contribution in [1.82, 2.24) is 0 Å². The predicted octanol–water partition coefficient (Wildman–Crippen LogP) is 5.88. The molecule has 0 heterocycles. The van der Waals surface area contributed by atoms with Crippen molar-refractivity contribution < 1.29 is 0 Å². The summed E-state index contributed by atoms with van der Waals surface area (Å²) in [6.45, 7) is 4.46. The lowest BCUT2D eigenvalue weighted by Crippen LogP contribution is -1.88. The van der Waals surface area contributed by atoms with Crippen LogP contribution in [0.4, 0.5) is 0 Å². The molecule has 0 aliphatic heterocycles. The first-order chi connectivity index (χ1) is 7.76. The van der Waals surface area contributed by atoms with Crippen LogP contribution in [0.5, 0.6) is 0 Å². The zero-order chi connectivity index (χ0) is 12.2. The first-order valence-electron chi connectivity index (χ1n) is 6.18. The number of hydrogen-bond acceptors (Lipinski definition) is 0. The van der Waals surface area contributed by atoms with Crippen molar-refractivity contribution in [2.75, 3.05) is 4.43 Å². The van der Waals surface area contributed by atoms with Crippen LogP contribution in [0.2, 0.25) is 0 Å². The van der Waals surface area contributed by atoms with E-state index in [-0.39, 0.29) is 0 Å². The molecule has 0 atom stereocenters. The summed E-state index contributed by atoms with van der Waals surface area (Å²) >= 11 is 4.87. The van der Waals surface area contributed by atoms with Gasteiger partial charge in [-0.15, -0.1) is 0 Å². The van der Waals surface area contributed by atoms with Crippen LogP contribution in [0.1, 0.15) is 58.8 Å². The Kier molecular flexibility index (Phi) is 12.8. The first kappa shape index (κ1) is 16.8. The fraction of sp³-hybridized carbons (Fsp3) is 0.714. The molecular formula is C14H22I2. The van der Waals surface area contributed by atoms with Gasteiger partial charge in [0.2, 0.25) is 0 Å². The van der Waals surface area contributed by atoms with E-state index < -0.39 is 0 Å². The van der Waals surface area contributed by atoms with Crippen molar-refractivity contribution >= 4 is 45.2 Å². The quantitative estimate of drug-likeness (QED) is 0.199. The van der Waals surface area contributed by atoms with Crippen LogP contribution in [0.25, 0.3) is 0 Å². The van der Waals surface area contributed by atoms with Gasteiger partial charge < -0.3 is 0 Å². The highest BCUT2D eigenvalue weighted by molar-refractivity contribution is 14.1. The van der Waals surface area contributed by atoms with Gasteiger partial charge in [0.15, 0.2) is 0 Å².